The van der Waals surface area contributed by atoms with Gasteiger partial charge in [0.25, 0.3) is 0 Å². The Balaban J connectivity index is 2.01. The number of alkyl halides is 1. The predicted octanol–water partition coefficient (Wildman–Crippen LogP) is 4.28. The molecule has 1 heterocycles. The Morgan fingerprint density at radius 3 is 2.82 bits per heavy atom. The zero-order chi connectivity index (χ0) is 12.3. The summed E-state index contributed by atoms with van der Waals surface area (Å²) in [5, 5.41) is 0. The number of aryl methyl sites for hydroxylation is 1. The van der Waals surface area contributed by atoms with Gasteiger partial charge in [0.2, 0.25) is 0 Å². The molecule has 0 spiro atoms. The fourth-order valence-corrected chi connectivity index (χ4v) is 2.89. The number of benzene rings is 1. The molecule has 0 N–H and O–H groups in total. The molecule has 1 nitrogen and oxygen atoms in total. The van der Waals surface area contributed by atoms with Gasteiger partial charge in [0.1, 0.15) is 0 Å². The third-order valence-electron chi connectivity index (χ3n) is 3.57. The zero-order valence-corrected chi connectivity index (χ0v) is 11.4. The highest BCUT2D eigenvalue weighted by molar-refractivity contribution is 6.18. The summed E-state index contributed by atoms with van der Waals surface area (Å²) < 4.78 is 5.89. The van der Waals surface area contributed by atoms with Gasteiger partial charge in [-0.1, -0.05) is 29.8 Å². The molecule has 3 atom stereocenters. The Morgan fingerprint density at radius 1 is 1.41 bits per heavy atom. The van der Waals surface area contributed by atoms with E-state index in [9.17, 15) is 0 Å². The van der Waals surface area contributed by atoms with Gasteiger partial charge in [0, 0.05) is 5.88 Å². The van der Waals surface area contributed by atoms with E-state index in [0.29, 0.717) is 24.0 Å². The van der Waals surface area contributed by atoms with Crippen LogP contribution in [0.4, 0.5) is 0 Å². The molecule has 0 amide bonds. The molecule has 1 saturated heterocycles. The van der Waals surface area contributed by atoms with Crippen LogP contribution in [0.3, 0.4) is 0 Å². The predicted molar refractivity (Wildman–Crippen MR) is 72.8 cm³/mol. The summed E-state index contributed by atoms with van der Waals surface area (Å²) >= 11 is 6.11. The van der Waals surface area contributed by atoms with Crippen LogP contribution in [-0.4, -0.2) is 18.1 Å². The number of hydrogen-bond donors (Lipinski definition) is 0. The molecule has 1 aliphatic rings. The molecule has 0 bridgehead atoms. The summed E-state index contributed by atoms with van der Waals surface area (Å²) in [7, 11) is 0. The van der Waals surface area contributed by atoms with Crippen molar-refractivity contribution in [3.8, 4) is 0 Å². The minimum absolute atomic E-state index is 0.397. The van der Waals surface area contributed by atoms with Crippen LogP contribution in [0.2, 0.25) is 0 Å². The lowest BCUT2D eigenvalue weighted by Crippen LogP contribution is -2.14. The largest absolute Gasteiger partial charge is 0.375 e. The van der Waals surface area contributed by atoms with E-state index in [1.807, 2.05) is 0 Å². The van der Waals surface area contributed by atoms with Crippen molar-refractivity contribution in [1.29, 1.82) is 0 Å². The summed E-state index contributed by atoms with van der Waals surface area (Å²) in [4.78, 5) is 0. The summed E-state index contributed by atoms with van der Waals surface area (Å²) in [6.07, 6.45) is 4.24. The molecule has 3 unspecified atom stereocenters. The zero-order valence-electron chi connectivity index (χ0n) is 10.7. The Labute approximate surface area is 109 Å². The first-order valence-electron chi connectivity index (χ1n) is 6.47. The SMILES string of the molecule is Cc1cccc(C(CCl)CC2CCC(C)O2)c1. The molecule has 1 aromatic carbocycles. The van der Waals surface area contributed by atoms with Crippen molar-refractivity contribution in [3.05, 3.63) is 35.4 Å². The van der Waals surface area contributed by atoms with Crippen molar-refractivity contribution >= 4 is 11.6 Å². The average Bonchev–Trinajstić information content (AvgIpc) is 2.72. The van der Waals surface area contributed by atoms with Crippen LogP contribution >= 0.6 is 11.6 Å². The fourth-order valence-electron chi connectivity index (χ4n) is 2.59. The lowest BCUT2D eigenvalue weighted by Gasteiger charge is -2.19. The topological polar surface area (TPSA) is 9.23 Å². The van der Waals surface area contributed by atoms with E-state index in [1.165, 1.54) is 24.0 Å². The molecule has 1 aliphatic heterocycles. The smallest absolute Gasteiger partial charge is 0.0586 e. The molecule has 1 aromatic rings. The van der Waals surface area contributed by atoms with E-state index in [1.54, 1.807) is 0 Å². The summed E-state index contributed by atoms with van der Waals surface area (Å²) in [5.41, 5.74) is 2.65. The third-order valence-corrected chi connectivity index (χ3v) is 3.94. The molecule has 0 aliphatic carbocycles. The van der Waals surface area contributed by atoms with Crippen molar-refractivity contribution in [2.45, 2.75) is 51.2 Å². The van der Waals surface area contributed by atoms with Crippen LogP contribution in [0.5, 0.6) is 0 Å². The summed E-state index contributed by atoms with van der Waals surface area (Å²) in [6.45, 7) is 4.28. The van der Waals surface area contributed by atoms with Gasteiger partial charge in [-0.25, -0.2) is 0 Å². The highest BCUT2D eigenvalue weighted by Crippen LogP contribution is 2.30. The standard InChI is InChI=1S/C15H21ClO/c1-11-4-3-5-13(8-11)14(10-16)9-15-7-6-12(2)17-15/h3-5,8,12,14-15H,6-7,9-10H2,1-2H3. The quantitative estimate of drug-likeness (QED) is 0.727. The van der Waals surface area contributed by atoms with Crippen LogP contribution in [-0.2, 0) is 4.74 Å². The molecule has 1 fully saturated rings. The second kappa shape index (κ2) is 5.88. The van der Waals surface area contributed by atoms with Gasteiger partial charge in [-0.2, -0.15) is 0 Å². The Morgan fingerprint density at radius 2 is 2.24 bits per heavy atom. The van der Waals surface area contributed by atoms with Crippen molar-refractivity contribution in [2.24, 2.45) is 0 Å². The molecule has 0 aromatic heterocycles. The number of halogens is 1. The van der Waals surface area contributed by atoms with Gasteiger partial charge in [0.15, 0.2) is 0 Å². The Hall–Kier alpha value is -0.530. The van der Waals surface area contributed by atoms with Gasteiger partial charge < -0.3 is 4.74 Å². The van der Waals surface area contributed by atoms with Crippen LogP contribution in [0.1, 0.15) is 43.2 Å². The Kier molecular flexibility index (Phi) is 4.47. The summed E-state index contributed by atoms with van der Waals surface area (Å²) in [5.74, 6) is 1.10. The molecule has 94 valence electrons. The lowest BCUT2D eigenvalue weighted by atomic mass is 9.93. The monoisotopic (exact) mass is 252 g/mol. The van der Waals surface area contributed by atoms with Crippen molar-refractivity contribution < 1.29 is 4.74 Å². The van der Waals surface area contributed by atoms with Crippen molar-refractivity contribution in [3.63, 3.8) is 0 Å². The lowest BCUT2D eigenvalue weighted by molar-refractivity contribution is 0.0478. The maximum absolute atomic E-state index is 6.11. The van der Waals surface area contributed by atoms with Gasteiger partial charge in [-0.15, -0.1) is 11.6 Å². The first-order valence-corrected chi connectivity index (χ1v) is 7.00. The minimum atomic E-state index is 0.397. The molecule has 2 heteroatoms. The molecule has 0 radical (unpaired) electrons. The van der Waals surface area contributed by atoms with E-state index < -0.39 is 0 Å². The number of hydrogen-bond acceptors (Lipinski definition) is 1. The minimum Gasteiger partial charge on any atom is -0.375 e. The average molecular weight is 253 g/mol. The first kappa shape index (κ1) is 12.9. The van der Waals surface area contributed by atoms with E-state index in [4.69, 9.17) is 16.3 Å². The summed E-state index contributed by atoms with van der Waals surface area (Å²) in [6, 6.07) is 8.66. The van der Waals surface area contributed by atoms with Crippen LogP contribution < -0.4 is 0 Å². The maximum atomic E-state index is 6.11. The van der Waals surface area contributed by atoms with Gasteiger partial charge >= 0.3 is 0 Å². The molecule has 2 rings (SSSR count). The van der Waals surface area contributed by atoms with Gasteiger partial charge in [-0.05, 0) is 44.6 Å². The Bertz CT molecular complexity index is 364. The van der Waals surface area contributed by atoms with Crippen LogP contribution in [0.25, 0.3) is 0 Å². The third kappa shape index (κ3) is 3.46. The molecular weight excluding hydrogens is 232 g/mol. The van der Waals surface area contributed by atoms with Gasteiger partial charge in [0.05, 0.1) is 12.2 Å². The first-order chi connectivity index (χ1) is 8.19. The molecule has 0 saturated carbocycles. The number of rotatable bonds is 4. The second-order valence-electron chi connectivity index (χ2n) is 5.15. The van der Waals surface area contributed by atoms with Crippen LogP contribution in [0, 0.1) is 6.92 Å². The van der Waals surface area contributed by atoms with Crippen LogP contribution in [0.15, 0.2) is 24.3 Å². The highest BCUT2D eigenvalue weighted by atomic mass is 35.5. The van der Waals surface area contributed by atoms with E-state index in [0.717, 1.165) is 6.42 Å². The van der Waals surface area contributed by atoms with E-state index in [-0.39, 0.29) is 0 Å². The maximum Gasteiger partial charge on any atom is 0.0586 e. The van der Waals surface area contributed by atoms with E-state index in [2.05, 4.69) is 38.1 Å². The molecule has 17 heavy (non-hydrogen) atoms. The van der Waals surface area contributed by atoms with Crippen molar-refractivity contribution in [1.82, 2.24) is 0 Å². The second-order valence-corrected chi connectivity index (χ2v) is 5.46. The van der Waals surface area contributed by atoms with Crippen molar-refractivity contribution in [2.75, 3.05) is 5.88 Å². The normalized spacial score (nSPS) is 26.1. The fraction of sp³-hybridized carbons (Fsp3) is 0.600. The number of ether oxygens (including phenoxy) is 1. The van der Waals surface area contributed by atoms with Gasteiger partial charge in [-0.3, -0.25) is 0 Å². The highest BCUT2D eigenvalue weighted by Gasteiger charge is 2.25. The van der Waals surface area contributed by atoms with E-state index >= 15 is 0 Å². The molecular formula is C15H21ClO.